The highest BCUT2D eigenvalue weighted by atomic mass is 16.5. The predicted octanol–water partition coefficient (Wildman–Crippen LogP) is 2.23. The van der Waals surface area contributed by atoms with Crippen LogP contribution in [0.25, 0.3) is 0 Å². The van der Waals surface area contributed by atoms with E-state index in [4.69, 9.17) is 4.74 Å². The molecule has 0 unspecified atom stereocenters. The standard InChI is InChI=1S/C17H20N2O3/c1-12(2)22-11-14-5-3-13(4-6-14)9-19-17(21)15-7-8-16(20)18-10-15/h3-8,10,12H,9,11H2,1-2H3,(H,18,20)(H,19,21). The summed E-state index contributed by atoms with van der Waals surface area (Å²) in [5.41, 5.74) is 2.31. The Morgan fingerprint density at radius 1 is 1.14 bits per heavy atom. The molecule has 5 nitrogen and oxygen atoms in total. The summed E-state index contributed by atoms with van der Waals surface area (Å²) in [6.07, 6.45) is 1.61. The number of aromatic nitrogens is 1. The molecule has 0 bridgehead atoms. The fourth-order valence-corrected chi connectivity index (χ4v) is 1.85. The van der Waals surface area contributed by atoms with Crippen molar-refractivity contribution in [2.45, 2.75) is 33.1 Å². The highest BCUT2D eigenvalue weighted by molar-refractivity contribution is 5.93. The van der Waals surface area contributed by atoms with E-state index in [9.17, 15) is 9.59 Å². The normalized spacial score (nSPS) is 10.7. The Kier molecular flexibility index (Phi) is 5.49. The zero-order valence-electron chi connectivity index (χ0n) is 12.8. The smallest absolute Gasteiger partial charge is 0.253 e. The molecule has 0 fully saturated rings. The van der Waals surface area contributed by atoms with Crippen molar-refractivity contribution >= 4 is 5.91 Å². The molecule has 1 heterocycles. The van der Waals surface area contributed by atoms with Crippen LogP contribution in [0.2, 0.25) is 0 Å². The van der Waals surface area contributed by atoms with Crippen molar-refractivity contribution in [3.8, 4) is 0 Å². The topological polar surface area (TPSA) is 71.2 Å². The molecule has 116 valence electrons. The van der Waals surface area contributed by atoms with Gasteiger partial charge in [-0.1, -0.05) is 24.3 Å². The molecule has 2 aromatic rings. The second kappa shape index (κ2) is 7.56. The summed E-state index contributed by atoms with van der Waals surface area (Å²) in [6, 6.07) is 10.7. The second-order valence-corrected chi connectivity index (χ2v) is 5.30. The molecule has 0 aliphatic carbocycles. The zero-order valence-corrected chi connectivity index (χ0v) is 12.8. The molecule has 22 heavy (non-hydrogen) atoms. The number of carbonyl (C=O) groups excluding carboxylic acids is 1. The van der Waals surface area contributed by atoms with Crippen LogP contribution in [-0.2, 0) is 17.9 Å². The summed E-state index contributed by atoms with van der Waals surface area (Å²) in [5.74, 6) is -0.219. The number of aromatic amines is 1. The lowest BCUT2D eigenvalue weighted by Gasteiger charge is -2.09. The fraction of sp³-hybridized carbons (Fsp3) is 0.294. The van der Waals surface area contributed by atoms with Crippen molar-refractivity contribution in [3.63, 3.8) is 0 Å². The summed E-state index contributed by atoms with van der Waals surface area (Å²) in [6.45, 7) is 5.02. The van der Waals surface area contributed by atoms with Gasteiger partial charge < -0.3 is 15.0 Å². The Balaban J connectivity index is 1.87. The van der Waals surface area contributed by atoms with Crippen LogP contribution in [0.5, 0.6) is 0 Å². The van der Waals surface area contributed by atoms with E-state index in [1.807, 2.05) is 38.1 Å². The van der Waals surface area contributed by atoms with Gasteiger partial charge in [-0.25, -0.2) is 0 Å². The molecule has 0 aliphatic heterocycles. The van der Waals surface area contributed by atoms with Crippen molar-refractivity contribution in [1.82, 2.24) is 10.3 Å². The monoisotopic (exact) mass is 300 g/mol. The van der Waals surface area contributed by atoms with Gasteiger partial charge in [0.05, 0.1) is 18.3 Å². The van der Waals surface area contributed by atoms with Crippen LogP contribution in [-0.4, -0.2) is 17.0 Å². The van der Waals surface area contributed by atoms with E-state index in [0.29, 0.717) is 18.7 Å². The Bertz CT molecular complexity index is 655. The maximum absolute atomic E-state index is 11.9. The van der Waals surface area contributed by atoms with Crippen molar-refractivity contribution in [3.05, 3.63) is 69.6 Å². The SMILES string of the molecule is CC(C)OCc1ccc(CNC(=O)c2ccc(=O)[nH]c2)cc1. The van der Waals surface area contributed by atoms with Crippen LogP contribution in [0.4, 0.5) is 0 Å². The number of hydrogen-bond acceptors (Lipinski definition) is 3. The third-order valence-corrected chi connectivity index (χ3v) is 3.11. The summed E-state index contributed by atoms with van der Waals surface area (Å²) < 4.78 is 5.53. The number of amides is 1. The number of ether oxygens (including phenoxy) is 1. The van der Waals surface area contributed by atoms with Gasteiger partial charge in [0.25, 0.3) is 5.91 Å². The van der Waals surface area contributed by atoms with Gasteiger partial charge in [0, 0.05) is 18.8 Å². The number of nitrogens with one attached hydrogen (secondary N) is 2. The molecule has 0 atom stereocenters. The first kappa shape index (κ1) is 16.0. The summed E-state index contributed by atoms with van der Waals surface area (Å²) in [5, 5.41) is 2.81. The van der Waals surface area contributed by atoms with E-state index in [1.165, 1.54) is 18.3 Å². The van der Waals surface area contributed by atoms with Crippen molar-refractivity contribution in [2.75, 3.05) is 0 Å². The van der Waals surface area contributed by atoms with Gasteiger partial charge in [0.1, 0.15) is 0 Å². The van der Waals surface area contributed by atoms with Gasteiger partial charge in [-0.2, -0.15) is 0 Å². The number of rotatable bonds is 6. The highest BCUT2D eigenvalue weighted by Gasteiger charge is 2.05. The van der Waals surface area contributed by atoms with E-state index in [0.717, 1.165) is 11.1 Å². The fourth-order valence-electron chi connectivity index (χ4n) is 1.85. The molecule has 0 saturated carbocycles. The van der Waals surface area contributed by atoms with E-state index in [2.05, 4.69) is 10.3 Å². The molecule has 0 radical (unpaired) electrons. The number of hydrogen-bond donors (Lipinski definition) is 2. The van der Waals surface area contributed by atoms with Crippen LogP contribution in [0.15, 0.2) is 47.4 Å². The maximum Gasteiger partial charge on any atom is 0.253 e. The minimum atomic E-state index is -0.226. The zero-order chi connectivity index (χ0) is 15.9. The Labute approximate surface area is 129 Å². The van der Waals surface area contributed by atoms with Gasteiger partial charge in [-0.05, 0) is 31.0 Å². The first-order valence-corrected chi connectivity index (χ1v) is 7.21. The third-order valence-electron chi connectivity index (χ3n) is 3.11. The van der Waals surface area contributed by atoms with Gasteiger partial charge in [-0.3, -0.25) is 9.59 Å². The van der Waals surface area contributed by atoms with Crippen LogP contribution in [0.1, 0.15) is 35.3 Å². The number of H-pyrrole nitrogens is 1. The van der Waals surface area contributed by atoms with Crippen molar-refractivity contribution in [1.29, 1.82) is 0 Å². The second-order valence-electron chi connectivity index (χ2n) is 5.30. The average molecular weight is 300 g/mol. The number of benzene rings is 1. The van der Waals surface area contributed by atoms with Crippen molar-refractivity contribution < 1.29 is 9.53 Å². The van der Waals surface area contributed by atoms with Crippen LogP contribution >= 0.6 is 0 Å². The van der Waals surface area contributed by atoms with Gasteiger partial charge in [0.2, 0.25) is 5.56 Å². The van der Waals surface area contributed by atoms with Gasteiger partial charge >= 0.3 is 0 Å². The van der Waals surface area contributed by atoms with Crippen LogP contribution < -0.4 is 10.9 Å². The van der Waals surface area contributed by atoms with Crippen molar-refractivity contribution in [2.24, 2.45) is 0 Å². The first-order valence-electron chi connectivity index (χ1n) is 7.21. The quantitative estimate of drug-likeness (QED) is 0.859. The molecule has 2 N–H and O–H groups in total. The summed E-state index contributed by atoms with van der Waals surface area (Å²) >= 11 is 0. The molecule has 0 spiro atoms. The lowest BCUT2D eigenvalue weighted by Crippen LogP contribution is -2.23. The minimum absolute atomic E-state index is 0.205. The van der Waals surface area contributed by atoms with Gasteiger partial charge in [-0.15, -0.1) is 0 Å². The summed E-state index contributed by atoms with van der Waals surface area (Å²) in [7, 11) is 0. The maximum atomic E-state index is 11.9. The molecule has 1 amide bonds. The van der Waals surface area contributed by atoms with Crippen LogP contribution in [0, 0.1) is 0 Å². The van der Waals surface area contributed by atoms with E-state index in [-0.39, 0.29) is 17.6 Å². The Morgan fingerprint density at radius 3 is 2.41 bits per heavy atom. The molecular formula is C17H20N2O3. The number of pyridine rings is 1. The molecular weight excluding hydrogens is 280 g/mol. The molecule has 0 aliphatic rings. The number of carbonyl (C=O) groups is 1. The lowest BCUT2D eigenvalue weighted by molar-refractivity contribution is 0.0657. The summed E-state index contributed by atoms with van der Waals surface area (Å²) in [4.78, 5) is 25.4. The Morgan fingerprint density at radius 2 is 1.82 bits per heavy atom. The third kappa shape index (κ3) is 4.86. The van der Waals surface area contributed by atoms with E-state index in [1.54, 1.807) is 0 Å². The molecule has 2 rings (SSSR count). The first-order chi connectivity index (χ1) is 10.5. The van der Waals surface area contributed by atoms with Crippen LogP contribution in [0.3, 0.4) is 0 Å². The molecule has 0 saturated heterocycles. The molecule has 1 aromatic heterocycles. The average Bonchev–Trinajstić information content (AvgIpc) is 2.52. The molecule has 1 aromatic carbocycles. The lowest BCUT2D eigenvalue weighted by atomic mass is 10.1. The Hall–Kier alpha value is -2.40. The minimum Gasteiger partial charge on any atom is -0.374 e. The van der Waals surface area contributed by atoms with E-state index >= 15 is 0 Å². The predicted molar refractivity (Wildman–Crippen MR) is 84.6 cm³/mol. The highest BCUT2D eigenvalue weighted by Crippen LogP contribution is 2.07. The molecule has 5 heteroatoms. The largest absolute Gasteiger partial charge is 0.374 e. The van der Waals surface area contributed by atoms with Gasteiger partial charge in [0.15, 0.2) is 0 Å². The van der Waals surface area contributed by atoms with E-state index < -0.39 is 0 Å².